The minimum Gasteiger partial charge on any atom is -0.504 e. The number of phenolic OH excluding ortho intramolecular Hbond substituents is 1. The molecule has 142 valence electrons. The molecule has 0 saturated carbocycles. The zero-order valence-electron chi connectivity index (χ0n) is 14.9. The van der Waals surface area contributed by atoms with Crippen molar-refractivity contribution in [2.24, 2.45) is 10.7 Å². The van der Waals surface area contributed by atoms with Gasteiger partial charge in [0, 0.05) is 17.7 Å². The van der Waals surface area contributed by atoms with E-state index in [1.807, 2.05) is 6.92 Å². The van der Waals surface area contributed by atoms with Gasteiger partial charge in [0.1, 0.15) is 12.4 Å². The number of phenols is 1. The molecule has 27 heavy (non-hydrogen) atoms. The summed E-state index contributed by atoms with van der Waals surface area (Å²) >= 11 is 1.46. The summed E-state index contributed by atoms with van der Waals surface area (Å²) in [6.07, 6.45) is 0.772. The van der Waals surface area contributed by atoms with E-state index in [4.69, 9.17) is 10.5 Å². The molecule has 3 N–H and O–H groups in total. The maximum Gasteiger partial charge on any atom is 0.174 e. The van der Waals surface area contributed by atoms with Gasteiger partial charge in [0.05, 0.1) is 5.54 Å². The van der Waals surface area contributed by atoms with Crippen molar-refractivity contribution in [1.29, 1.82) is 0 Å². The van der Waals surface area contributed by atoms with Gasteiger partial charge in [0.25, 0.3) is 0 Å². The molecule has 0 aromatic heterocycles. The second kappa shape index (κ2) is 8.00. The molecule has 0 bridgehead atoms. The van der Waals surface area contributed by atoms with Gasteiger partial charge in [-0.3, -0.25) is 9.79 Å². The van der Waals surface area contributed by atoms with Crippen molar-refractivity contribution in [2.75, 3.05) is 12.4 Å². The number of rotatable bonds is 6. The minimum absolute atomic E-state index is 0.0205. The fourth-order valence-corrected chi connectivity index (χ4v) is 3.97. The van der Waals surface area contributed by atoms with Crippen LogP contribution in [0.25, 0.3) is 0 Å². The van der Waals surface area contributed by atoms with Gasteiger partial charge >= 0.3 is 0 Å². The normalized spacial score (nSPS) is 19.4. The van der Waals surface area contributed by atoms with Gasteiger partial charge in [-0.2, -0.15) is 0 Å². The topological polar surface area (TPSA) is 84.9 Å². The van der Waals surface area contributed by atoms with E-state index in [9.17, 15) is 14.3 Å². The molecule has 0 radical (unpaired) electrons. The first-order valence-corrected chi connectivity index (χ1v) is 9.55. The van der Waals surface area contributed by atoms with Gasteiger partial charge in [-0.05, 0) is 43.2 Å². The molecular formula is C20H21FN2O3S. The molecule has 2 aromatic rings. The van der Waals surface area contributed by atoms with Crippen molar-refractivity contribution < 1.29 is 19.0 Å². The summed E-state index contributed by atoms with van der Waals surface area (Å²) in [5.74, 6) is 0.462. The second-order valence-electron chi connectivity index (χ2n) is 6.61. The summed E-state index contributed by atoms with van der Waals surface area (Å²) in [4.78, 5) is 16.7. The standard InChI is InChI=1S/C20H21FN2O3S/c1-20(8-9-27-19(22)23-20)15-11-13(6-7-16(15)21)10-14(24)12-26-18-5-3-2-4-17(18)25/h2-7,11,25H,8-10,12H2,1H3,(H2,22,23)/t20-/m0/s1. The number of nitrogens with zero attached hydrogens (tertiary/aromatic N) is 1. The van der Waals surface area contributed by atoms with Crippen LogP contribution < -0.4 is 10.5 Å². The molecule has 0 saturated heterocycles. The molecule has 0 fully saturated rings. The van der Waals surface area contributed by atoms with Gasteiger partial charge in [-0.1, -0.05) is 30.0 Å². The van der Waals surface area contributed by atoms with E-state index in [-0.39, 0.29) is 36.1 Å². The Morgan fingerprint density at radius 2 is 2.15 bits per heavy atom. The van der Waals surface area contributed by atoms with E-state index in [0.717, 1.165) is 5.75 Å². The molecule has 1 aliphatic heterocycles. The third-order valence-electron chi connectivity index (χ3n) is 4.46. The van der Waals surface area contributed by atoms with Gasteiger partial charge in [0.2, 0.25) is 0 Å². The average molecular weight is 388 g/mol. The Morgan fingerprint density at radius 1 is 1.37 bits per heavy atom. The molecule has 1 heterocycles. The number of hydrogen-bond donors (Lipinski definition) is 2. The number of carbonyl (C=O) groups is 1. The SMILES string of the molecule is C[C@@]1(c2cc(CC(=O)COc3ccccc3O)ccc2F)CCSC(N)=N1. The Bertz CT molecular complexity index is 887. The summed E-state index contributed by atoms with van der Waals surface area (Å²) in [6.45, 7) is 1.67. The number of amidine groups is 1. The number of halogens is 1. The highest BCUT2D eigenvalue weighted by Crippen LogP contribution is 2.36. The van der Waals surface area contributed by atoms with Crippen molar-refractivity contribution in [3.8, 4) is 11.5 Å². The van der Waals surface area contributed by atoms with Crippen LogP contribution in [0.1, 0.15) is 24.5 Å². The molecule has 5 nitrogen and oxygen atoms in total. The predicted octanol–water partition coefficient (Wildman–Crippen LogP) is 3.39. The number of aromatic hydroxyl groups is 1. The molecule has 1 atom stereocenters. The third-order valence-corrected chi connectivity index (χ3v) is 5.26. The van der Waals surface area contributed by atoms with Crippen LogP contribution in [-0.2, 0) is 16.8 Å². The Balaban J connectivity index is 1.71. The lowest BCUT2D eigenvalue weighted by atomic mass is 9.87. The van der Waals surface area contributed by atoms with Crippen LogP contribution >= 0.6 is 11.8 Å². The lowest BCUT2D eigenvalue weighted by Crippen LogP contribution is -2.30. The van der Waals surface area contributed by atoms with E-state index in [1.54, 1.807) is 30.3 Å². The molecule has 7 heteroatoms. The zero-order chi connectivity index (χ0) is 19.4. The molecule has 2 aromatic carbocycles. The number of ether oxygens (including phenoxy) is 1. The van der Waals surface area contributed by atoms with Crippen LogP contribution in [0.2, 0.25) is 0 Å². The lowest BCUT2D eigenvalue weighted by Gasteiger charge is -2.30. The monoisotopic (exact) mass is 388 g/mol. The zero-order valence-corrected chi connectivity index (χ0v) is 15.8. The number of benzene rings is 2. The quantitative estimate of drug-likeness (QED) is 0.792. The van der Waals surface area contributed by atoms with Gasteiger partial charge in [-0.25, -0.2) is 4.39 Å². The van der Waals surface area contributed by atoms with Crippen molar-refractivity contribution >= 4 is 22.7 Å². The maximum absolute atomic E-state index is 14.4. The number of nitrogens with two attached hydrogens (primary N) is 1. The van der Waals surface area contributed by atoms with Gasteiger partial charge in [0.15, 0.2) is 22.4 Å². The number of carbonyl (C=O) groups excluding carboxylic acids is 1. The molecule has 3 rings (SSSR count). The fraction of sp³-hybridized carbons (Fsp3) is 0.300. The van der Waals surface area contributed by atoms with Crippen LogP contribution in [0.3, 0.4) is 0 Å². The number of thioether (sulfide) groups is 1. The molecular weight excluding hydrogens is 367 g/mol. The molecule has 1 aliphatic rings. The first kappa shape index (κ1) is 19.2. The average Bonchev–Trinajstić information content (AvgIpc) is 2.62. The fourth-order valence-electron chi connectivity index (χ4n) is 2.99. The largest absolute Gasteiger partial charge is 0.504 e. The highest BCUT2D eigenvalue weighted by molar-refractivity contribution is 8.13. The Labute approximate surface area is 161 Å². The summed E-state index contributed by atoms with van der Waals surface area (Å²) in [5, 5.41) is 10.1. The first-order chi connectivity index (χ1) is 12.9. The molecule has 0 spiro atoms. The van der Waals surface area contributed by atoms with Crippen LogP contribution in [0.15, 0.2) is 47.5 Å². The van der Waals surface area contributed by atoms with Crippen molar-refractivity contribution in [3.05, 3.63) is 59.4 Å². The molecule has 0 aliphatic carbocycles. The van der Waals surface area contributed by atoms with Crippen LogP contribution in [-0.4, -0.2) is 28.4 Å². The second-order valence-corrected chi connectivity index (χ2v) is 7.72. The Kier molecular flexibility index (Phi) is 5.70. The lowest BCUT2D eigenvalue weighted by molar-refractivity contribution is -0.120. The predicted molar refractivity (Wildman–Crippen MR) is 105 cm³/mol. The first-order valence-electron chi connectivity index (χ1n) is 8.57. The third kappa shape index (κ3) is 4.60. The van der Waals surface area contributed by atoms with E-state index in [2.05, 4.69) is 4.99 Å². The van der Waals surface area contributed by atoms with Crippen molar-refractivity contribution in [2.45, 2.75) is 25.3 Å². The smallest absolute Gasteiger partial charge is 0.174 e. The minimum atomic E-state index is -0.731. The molecule has 0 amide bonds. The van der Waals surface area contributed by atoms with Crippen molar-refractivity contribution in [1.82, 2.24) is 0 Å². The molecule has 0 unspecified atom stereocenters. The Morgan fingerprint density at radius 3 is 2.89 bits per heavy atom. The summed E-state index contributed by atoms with van der Waals surface area (Å²) in [5.41, 5.74) is 6.22. The van der Waals surface area contributed by atoms with E-state index >= 15 is 0 Å². The van der Waals surface area contributed by atoms with E-state index in [0.29, 0.717) is 22.7 Å². The summed E-state index contributed by atoms with van der Waals surface area (Å²) < 4.78 is 19.8. The van der Waals surface area contributed by atoms with Gasteiger partial charge < -0.3 is 15.6 Å². The van der Waals surface area contributed by atoms with E-state index < -0.39 is 5.54 Å². The number of ketones is 1. The Hall–Kier alpha value is -2.54. The van der Waals surface area contributed by atoms with Crippen molar-refractivity contribution in [3.63, 3.8) is 0 Å². The summed E-state index contributed by atoms with van der Waals surface area (Å²) in [6, 6.07) is 11.1. The number of Topliss-reactive ketones (excluding diaryl/α,β-unsaturated/α-hetero) is 1. The van der Waals surface area contributed by atoms with Crippen LogP contribution in [0.5, 0.6) is 11.5 Å². The maximum atomic E-state index is 14.4. The number of aliphatic imine (C=N–C) groups is 1. The van der Waals surface area contributed by atoms with Crippen LogP contribution in [0, 0.1) is 5.82 Å². The highest BCUT2D eigenvalue weighted by Gasteiger charge is 2.32. The highest BCUT2D eigenvalue weighted by atomic mass is 32.2. The van der Waals surface area contributed by atoms with E-state index in [1.165, 1.54) is 23.9 Å². The van der Waals surface area contributed by atoms with Crippen LogP contribution in [0.4, 0.5) is 4.39 Å². The number of hydrogen-bond acceptors (Lipinski definition) is 6. The number of para-hydroxylation sites is 2. The van der Waals surface area contributed by atoms with Gasteiger partial charge in [-0.15, -0.1) is 0 Å². The summed E-state index contributed by atoms with van der Waals surface area (Å²) in [7, 11) is 0.